The summed E-state index contributed by atoms with van der Waals surface area (Å²) in [5.41, 5.74) is 7.08. The SMILES string of the molecule is Nc1cc(Br)cc(Br)c1NC(=O)c1cccc(Cl)c1Cl. The average Bonchev–Trinajstić information content (AvgIpc) is 2.36. The van der Waals surface area contributed by atoms with Crippen LogP contribution in [0.1, 0.15) is 10.4 Å². The molecule has 3 N–H and O–H groups in total. The molecular weight excluding hydrogens is 431 g/mol. The van der Waals surface area contributed by atoms with Gasteiger partial charge in [0.25, 0.3) is 5.91 Å². The largest absolute Gasteiger partial charge is 0.397 e. The van der Waals surface area contributed by atoms with Crippen LogP contribution in [0.25, 0.3) is 0 Å². The Labute approximate surface area is 142 Å². The fourth-order valence-corrected chi connectivity index (χ4v) is 3.33. The van der Waals surface area contributed by atoms with E-state index in [1.54, 1.807) is 30.3 Å². The third kappa shape index (κ3) is 3.28. The lowest BCUT2D eigenvalue weighted by Crippen LogP contribution is -2.14. The van der Waals surface area contributed by atoms with Gasteiger partial charge in [-0.25, -0.2) is 0 Å². The average molecular weight is 439 g/mol. The Kier molecular flexibility index (Phi) is 4.96. The van der Waals surface area contributed by atoms with E-state index in [1.165, 1.54) is 0 Å². The van der Waals surface area contributed by atoms with Crippen molar-refractivity contribution in [1.82, 2.24) is 0 Å². The second-order valence-electron chi connectivity index (χ2n) is 3.91. The van der Waals surface area contributed by atoms with Gasteiger partial charge in [-0.3, -0.25) is 4.79 Å². The number of carbonyl (C=O) groups excluding carboxylic acids is 1. The zero-order valence-electron chi connectivity index (χ0n) is 9.88. The molecule has 0 radical (unpaired) electrons. The van der Waals surface area contributed by atoms with Crippen LogP contribution in [0.4, 0.5) is 11.4 Å². The number of anilines is 2. The molecule has 2 rings (SSSR count). The predicted octanol–water partition coefficient (Wildman–Crippen LogP) is 5.35. The molecule has 2 aromatic carbocycles. The zero-order valence-corrected chi connectivity index (χ0v) is 14.6. The molecular formula is C13H8Br2Cl2N2O. The van der Waals surface area contributed by atoms with Crippen molar-refractivity contribution in [1.29, 1.82) is 0 Å². The maximum absolute atomic E-state index is 12.2. The molecule has 0 aliphatic rings. The van der Waals surface area contributed by atoms with Crippen molar-refractivity contribution < 1.29 is 4.79 Å². The lowest BCUT2D eigenvalue weighted by atomic mass is 10.2. The number of nitrogen functional groups attached to an aromatic ring is 1. The number of amides is 1. The molecule has 2 aromatic rings. The van der Waals surface area contributed by atoms with Crippen molar-refractivity contribution in [2.24, 2.45) is 0 Å². The van der Waals surface area contributed by atoms with E-state index in [1.807, 2.05) is 0 Å². The quantitative estimate of drug-likeness (QED) is 0.621. The van der Waals surface area contributed by atoms with Gasteiger partial charge in [-0.05, 0) is 40.2 Å². The highest BCUT2D eigenvalue weighted by molar-refractivity contribution is 9.11. The van der Waals surface area contributed by atoms with Crippen LogP contribution < -0.4 is 11.1 Å². The van der Waals surface area contributed by atoms with E-state index in [0.717, 1.165) is 4.47 Å². The maximum Gasteiger partial charge on any atom is 0.257 e. The van der Waals surface area contributed by atoms with Crippen molar-refractivity contribution in [2.45, 2.75) is 0 Å². The molecule has 0 fully saturated rings. The monoisotopic (exact) mass is 436 g/mol. The molecule has 0 aromatic heterocycles. The minimum Gasteiger partial charge on any atom is -0.397 e. The van der Waals surface area contributed by atoms with Gasteiger partial charge >= 0.3 is 0 Å². The summed E-state index contributed by atoms with van der Waals surface area (Å²) in [4.78, 5) is 12.2. The van der Waals surface area contributed by atoms with E-state index >= 15 is 0 Å². The molecule has 3 nitrogen and oxygen atoms in total. The number of hydrogen-bond acceptors (Lipinski definition) is 2. The maximum atomic E-state index is 12.2. The van der Waals surface area contributed by atoms with E-state index < -0.39 is 0 Å². The summed E-state index contributed by atoms with van der Waals surface area (Å²) >= 11 is 18.6. The minimum absolute atomic E-state index is 0.207. The summed E-state index contributed by atoms with van der Waals surface area (Å²) in [6.07, 6.45) is 0. The van der Waals surface area contributed by atoms with E-state index in [9.17, 15) is 4.79 Å². The molecule has 7 heteroatoms. The van der Waals surface area contributed by atoms with Gasteiger partial charge in [-0.1, -0.05) is 45.2 Å². The van der Waals surface area contributed by atoms with Crippen molar-refractivity contribution in [2.75, 3.05) is 11.1 Å². The van der Waals surface area contributed by atoms with Crippen molar-refractivity contribution >= 4 is 72.3 Å². The van der Waals surface area contributed by atoms with Gasteiger partial charge in [0.2, 0.25) is 0 Å². The number of nitrogens with one attached hydrogen (secondary N) is 1. The van der Waals surface area contributed by atoms with Crippen LogP contribution in [0.5, 0.6) is 0 Å². The first kappa shape index (κ1) is 15.6. The number of rotatable bonds is 2. The number of hydrogen-bond donors (Lipinski definition) is 2. The van der Waals surface area contributed by atoms with Gasteiger partial charge in [-0.15, -0.1) is 0 Å². The second kappa shape index (κ2) is 6.35. The van der Waals surface area contributed by atoms with Crippen molar-refractivity contribution in [3.8, 4) is 0 Å². The number of carbonyl (C=O) groups is 1. The van der Waals surface area contributed by atoms with Crippen LogP contribution in [0, 0.1) is 0 Å². The predicted molar refractivity (Wildman–Crippen MR) is 90.7 cm³/mol. The molecule has 0 heterocycles. The highest BCUT2D eigenvalue weighted by Gasteiger charge is 2.15. The molecule has 1 amide bonds. The highest BCUT2D eigenvalue weighted by atomic mass is 79.9. The number of benzene rings is 2. The molecule has 20 heavy (non-hydrogen) atoms. The van der Waals surface area contributed by atoms with Crippen molar-refractivity contribution in [3.05, 3.63) is 54.9 Å². The molecule has 0 spiro atoms. The Bertz CT molecular complexity index is 669. The molecule has 0 atom stereocenters. The van der Waals surface area contributed by atoms with Gasteiger partial charge < -0.3 is 11.1 Å². The first-order valence-electron chi connectivity index (χ1n) is 5.40. The summed E-state index contributed by atoms with van der Waals surface area (Å²) < 4.78 is 1.47. The smallest absolute Gasteiger partial charge is 0.257 e. The molecule has 104 valence electrons. The topological polar surface area (TPSA) is 55.1 Å². The Morgan fingerprint density at radius 2 is 1.90 bits per heavy atom. The summed E-state index contributed by atoms with van der Waals surface area (Å²) in [6.45, 7) is 0. The van der Waals surface area contributed by atoms with Gasteiger partial charge in [0.15, 0.2) is 0 Å². The Morgan fingerprint density at radius 1 is 1.20 bits per heavy atom. The van der Waals surface area contributed by atoms with Crippen LogP contribution in [0.2, 0.25) is 10.0 Å². The molecule has 0 aliphatic carbocycles. The summed E-state index contributed by atoms with van der Waals surface area (Å²) in [6, 6.07) is 8.34. The Morgan fingerprint density at radius 3 is 2.55 bits per heavy atom. The first-order valence-corrected chi connectivity index (χ1v) is 7.74. The summed E-state index contributed by atoms with van der Waals surface area (Å²) in [5.74, 6) is -0.382. The summed E-state index contributed by atoms with van der Waals surface area (Å²) in [7, 11) is 0. The second-order valence-corrected chi connectivity index (χ2v) is 6.46. The van der Waals surface area contributed by atoms with Crippen LogP contribution in [-0.4, -0.2) is 5.91 Å². The third-order valence-electron chi connectivity index (χ3n) is 2.52. The van der Waals surface area contributed by atoms with E-state index in [-0.39, 0.29) is 16.5 Å². The van der Waals surface area contributed by atoms with Crippen molar-refractivity contribution in [3.63, 3.8) is 0 Å². The van der Waals surface area contributed by atoms with Crippen LogP contribution in [0.15, 0.2) is 39.3 Å². The van der Waals surface area contributed by atoms with E-state index in [2.05, 4.69) is 37.2 Å². The van der Waals surface area contributed by atoms with Gasteiger partial charge in [-0.2, -0.15) is 0 Å². The molecule has 0 unspecified atom stereocenters. The van der Waals surface area contributed by atoms with Crippen LogP contribution in [0.3, 0.4) is 0 Å². The third-order valence-corrected chi connectivity index (χ3v) is 4.42. The van der Waals surface area contributed by atoms with Gasteiger partial charge in [0.05, 0.1) is 27.0 Å². The Balaban J connectivity index is 2.36. The first-order chi connectivity index (χ1) is 9.40. The number of nitrogens with two attached hydrogens (primary N) is 1. The lowest BCUT2D eigenvalue weighted by molar-refractivity contribution is 0.102. The van der Waals surface area contributed by atoms with Gasteiger partial charge in [0, 0.05) is 8.95 Å². The van der Waals surface area contributed by atoms with Gasteiger partial charge in [0.1, 0.15) is 0 Å². The molecule has 0 saturated carbocycles. The molecule has 0 bridgehead atoms. The van der Waals surface area contributed by atoms with Crippen LogP contribution >= 0.6 is 55.1 Å². The lowest BCUT2D eigenvalue weighted by Gasteiger charge is -2.12. The fourth-order valence-electron chi connectivity index (χ4n) is 1.59. The van der Waals surface area contributed by atoms with E-state index in [0.29, 0.717) is 20.9 Å². The fraction of sp³-hybridized carbons (Fsp3) is 0. The number of halogens is 4. The minimum atomic E-state index is -0.382. The Hall–Kier alpha value is -0.750. The van der Waals surface area contributed by atoms with Crippen LogP contribution in [-0.2, 0) is 0 Å². The molecule has 0 aliphatic heterocycles. The standard InChI is InChI=1S/C13H8Br2Cl2N2O/c14-6-4-8(15)12(10(18)5-6)19-13(20)7-2-1-3-9(16)11(7)17/h1-5H,18H2,(H,19,20). The zero-order chi connectivity index (χ0) is 14.9. The highest BCUT2D eigenvalue weighted by Crippen LogP contribution is 2.33. The van der Waals surface area contributed by atoms with E-state index in [4.69, 9.17) is 28.9 Å². The normalized spacial score (nSPS) is 10.4. The summed E-state index contributed by atoms with van der Waals surface area (Å²) in [5, 5.41) is 3.24. The molecule has 0 saturated heterocycles.